The van der Waals surface area contributed by atoms with Crippen LogP contribution < -0.4 is 0 Å². The van der Waals surface area contributed by atoms with E-state index in [1.54, 1.807) is 0 Å². The van der Waals surface area contributed by atoms with Gasteiger partial charge in [-0.1, -0.05) is 0 Å². The molecule has 1 aliphatic heterocycles. The molecule has 0 atom stereocenters. The summed E-state index contributed by atoms with van der Waals surface area (Å²) in [7, 11) is -3.26. The van der Waals surface area contributed by atoms with Crippen molar-refractivity contribution in [3.05, 3.63) is 0 Å². The molecular formula is C7H8F3NO5S. The highest BCUT2D eigenvalue weighted by Gasteiger charge is 2.43. The van der Waals surface area contributed by atoms with Gasteiger partial charge in [0.05, 0.1) is 11.5 Å². The number of nitrogens with zero attached hydrogens (tertiary/aromatic N) is 1. The molecule has 1 heterocycles. The first kappa shape index (κ1) is 13.7. The second kappa shape index (κ2) is 4.51. The maximum atomic E-state index is 11.8. The monoisotopic (exact) mass is 275 g/mol. The number of rotatable bonds is 0. The number of carbonyl (C=O) groups is 2. The van der Waals surface area contributed by atoms with Crippen molar-refractivity contribution in [2.24, 2.45) is 0 Å². The largest absolute Gasteiger partial charge is 0.491 e. The molecule has 98 valence electrons. The molecule has 0 unspecified atom stereocenters. The highest BCUT2D eigenvalue weighted by atomic mass is 32.2. The molecule has 0 saturated carbocycles. The van der Waals surface area contributed by atoms with Crippen LogP contribution in [0.15, 0.2) is 0 Å². The Hall–Kier alpha value is -1.32. The van der Waals surface area contributed by atoms with E-state index in [1.807, 2.05) is 0 Å². The van der Waals surface area contributed by atoms with Gasteiger partial charge < -0.3 is 9.64 Å². The molecule has 1 aliphatic rings. The van der Waals surface area contributed by atoms with Crippen LogP contribution in [-0.2, 0) is 19.4 Å². The number of esters is 1. The van der Waals surface area contributed by atoms with E-state index in [9.17, 15) is 31.2 Å². The van der Waals surface area contributed by atoms with Gasteiger partial charge in [0.15, 0.2) is 9.84 Å². The van der Waals surface area contributed by atoms with Gasteiger partial charge in [0.2, 0.25) is 0 Å². The normalized spacial score (nSPS) is 19.8. The van der Waals surface area contributed by atoms with Crippen LogP contribution in [0.1, 0.15) is 0 Å². The van der Waals surface area contributed by atoms with E-state index >= 15 is 0 Å². The molecule has 17 heavy (non-hydrogen) atoms. The summed E-state index contributed by atoms with van der Waals surface area (Å²) in [6.45, 7) is -0.571. The third-order valence-electron chi connectivity index (χ3n) is 2.01. The molecule has 0 aromatic carbocycles. The summed E-state index contributed by atoms with van der Waals surface area (Å²) >= 11 is 0. The Kier molecular flexibility index (Phi) is 3.65. The van der Waals surface area contributed by atoms with Crippen molar-refractivity contribution < 1.29 is 35.9 Å². The number of amides is 1. The average Bonchev–Trinajstić information content (AvgIpc) is 2.15. The van der Waals surface area contributed by atoms with Crippen molar-refractivity contribution in [3.8, 4) is 0 Å². The molecule has 1 amide bonds. The van der Waals surface area contributed by atoms with Gasteiger partial charge in [-0.2, -0.15) is 13.2 Å². The summed E-state index contributed by atoms with van der Waals surface area (Å²) in [5.74, 6) is -3.33. The Bertz CT molecular complexity index is 415. The number of sulfone groups is 1. The first-order valence-corrected chi connectivity index (χ1v) is 6.22. The van der Waals surface area contributed by atoms with Crippen LogP contribution >= 0.6 is 0 Å². The Morgan fingerprint density at radius 3 is 2.00 bits per heavy atom. The second-order valence-corrected chi connectivity index (χ2v) is 5.60. The fourth-order valence-corrected chi connectivity index (χ4v) is 2.30. The molecule has 0 spiro atoms. The smallest absolute Gasteiger partial charge is 0.369 e. The van der Waals surface area contributed by atoms with Crippen molar-refractivity contribution in [3.63, 3.8) is 0 Å². The lowest BCUT2D eigenvalue weighted by Crippen LogP contribution is -2.45. The Morgan fingerprint density at radius 1 is 1.12 bits per heavy atom. The minimum atomic E-state index is -5.25. The number of hydrogen-bond donors (Lipinski definition) is 0. The van der Waals surface area contributed by atoms with Gasteiger partial charge in [-0.15, -0.1) is 0 Å². The quantitative estimate of drug-likeness (QED) is 0.457. The second-order valence-electron chi connectivity index (χ2n) is 3.29. The highest BCUT2D eigenvalue weighted by Crippen LogP contribution is 2.17. The van der Waals surface area contributed by atoms with Gasteiger partial charge in [-0.3, -0.25) is 0 Å². The topological polar surface area (TPSA) is 80.8 Å². The van der Waals surface area contributed by atoms with E-state index in [1.165, 1.54) is 0 Å². The summed E-state index contributed by atoms with van der Waals surface area (Å²) in [5, 5.41) is 0. The average molecular weight is 275 g/mol. The summed E-state index contributed by atoms with van der Waals surface area (Å²) in [4.78, 5) is 22.1. The van der Waals surface area contributed by atoms with Gasteiger partial charge in [0.1, 0.15) is 0 Å². The fourth-order valence-electron chi connectivity index (χ4n) is 1.10. The number of ether oxygens (including phenoxy) is 1. The van der Waals surface area contributed by atoms with E-state index in [-0.39, 0.29) is 24.6 Å². The number of alkyl halides is 3. The molecule has 0 aliphatic carbocycles. The summed E-state index contributed by atoms with van der Waals surface area (Å²) in [5.41, 5.74) is 0. The number of hydrogen-bond acceptors (Lipinski definition) is 5. The maximum Gasteiger partial charge on any atom is 0.491 e. The summed E-state index contributed by atoms with van der Waals surface area (Å²) < 4.78 is 60.8. The molecule has 0 N–H and O–H groups in total. The lowest BCUT2D eigenvalue weighted by molar-refractivity contribution is -0.193. The minimum absolute atomic E-state index is 0.285. The van der Waals surface area contributed by atoms with E-state index in [2.05, 4.69) is 4.74 Å². The summed E-state index contributed by atoms with van der Waals surface area (Å²) in [6, 6.07) is 0. The van der Waals surface area contributed by atoms with Crippen molar-refractivity contribution in [2.75, 3.05) is 24.6 Å². The predicted molar refractivity (Wildman–Crippen MR) is 47.8 cm³/mol. The van der Waals surface area contributed by atoms with Crippen molar-refractivity contribution in [2.45, 2.75) is 6.18 Å². The molecule has 1 fully saturated rings. The van der Waals surface area contributed by atoms with E-state index in [4.69, 9.17) is 0 Å². The summed E-state index contributed by atoms with van der Waals surface area (Å²) in [6.07, 6.45) is -6.74. The molecule has 1 rings (SSSR count). The fraction of sp³-hybridized carbons (Fsp3) is 0.714. The molecule has 10 heteroatoms. The lowest BCUT2D eigenvalue weighted by atomic mass is 10.5. The zero-order valence-electron chi connectivity index (χ0n) is 8.36. The van der Waals surface area contributed by atoms with E-state index in [0.29, 0.717) is 0 Å². The van der Waals surface area contributed by atoms with E-state index in [0.717, 1.165) is 4.90 Å². The molecule has 0 aromatic heterocycles. The minimum Gasteiger partial charge on any atom is -0.369 e. The van der Waals surface area contributed by atoms with Gasteiger partial charge in [-0.05, 0) is 0 Å². The SMILES string of the molecule is O=C(OC(=O)C(F)(F)F)N1CCS(=O)(=O)CC1. The molecule has 0 bridgehead atoms. The highest BCUT2D eigenvalue weighted by molar-refractivity contribution is 7.91. The van der Waals surface area contributed by atoms with Crippen LogP contribution in [0.5, 0.6) is 0 Å². The van der Waals surface area contributed by atoms with Crippen LogP contribution in [-0.4, -0.2) is 56.2 Å². The van der Waals surface area contributed by atoms with Crippen LogP contribution in [0.3, 0.4) is 0 Å². The number of carbonyl (C=O) groups excluding carboxylic acids is 2. The molecule has 0 aromatic rings. The maximum absolute atomic E-state index is 11.8. The van der Waals surface area contributed by atoms with Crippen LogP contribution in [0, 0.1) is 0 Å². The first-order chi connectivity index (χ1) is 7.62. The lowest BCUT2D eigenvalue weighted by Gasteiger charge is -2.25. The Balaban J connectivity index is 2.54. The predicted octanol–water partition coefficient (Wildman–Crippen LogP) is -0.0577. The molecular weight excluding hydrogens is 267 g/mol. The van der Waals surface area contributed by atoms with E-state index < -0.39 is 28.1 Å². The molecule has 0 radical (unpaired) electrons. The molecule has 1 saturated heterocycles. The standard InChI is InChI=1S/C7H8F3NO5S/c8-7(9,10)5(12)16-6(13)11-1-3-17(14,15)4-2-11/h1-4H2. The Labute approximate surface area is 94.2 Å². The third-order valence-corrected chi connectivity index (χ3v) is 3.62. The van der Waals surface area contributed by atoms with Crippen LogP contribution in [0.2, 0.25) is 0 Å². The van der Waals surface area contributed by atoms with Gasteiger partial charge in [0, 0.05) is 13.1 Å². The molecule has 6 nitrogen and oxygen atoms in total. The first-order valence-electron chi connectivity index (χ1n) is 4.40. The van der Waals surface area contributed by atoms with Crippen molar-refractivity contribution >= 4 is 21.9 Å². The van der Waals surface area contributed by atoms with Crippen molar-refractivity contribution in [1.29, 1.82) is 0 Å². The van der Waals surface area contributed by atoms with Gasteiger partial charge >= 0.3 is 18.2 Å². The number of halogens is 3. The zero-order chi connectivity index (χ0) is 13.3. The van der Waals surface area contributed by atoms with Crippen LogP contribution in [0.4, 0.5) is 18.0 Å². The Morgan fingerprint density at radius 2 is 1.59 bits per heavy atom. The van der Waals surface area contributed by atoms with Gasteiger partial charge in [0.25, 0.3) is 0 Å². The van der Waals surface area contributed by atoms with Gasteiger partial charge in [-0.25, -0.2) is 18.0 Å². The van der Waals surface area contributed by atoms with Crippen molar-refractivity contribution in [1.82, 2.24) is 4.90 Å². The van der Waals surface area contributed by atoms with Crippen LogP contribution in [0.25, 0.3) is 0 Å². The third kappa shape index (κ3) is 3.88. The zero-order valence-corrected chi connectivity index (χ0v) is 9.18.